The van der Waals surface area contributed by atoms with Crippen LogP contribution in [0.2, 0.25) is 0 Å². The van der Waals surface area contributed by atoms with Crippen LogP contribution >= 0.6 is 0 Å². The largest absolute Gasteiger partial charge is 0.384 e. The summed E-state index contributed by atoms with van der Waals surface area (Å²) in [6.07, 6.45) is 3.97. The number of methoxy groups -OCH3 is 1. The average molecular weight is 287 g/mol. The Morgan fingerprint density at radius 3 is 2.71 bits per heavy atom. The standard InChI is InChI=1S/C17H25N3O/c1-4-13(2)18-12-17-19-11-16(20-17)15-7-5-14(6-8-15)9-10-21-3/h5-8,11,13,18H,4,9-10,12H2,1-3H3,(H,19,20). The third kappa shape index (κ3) is 4.69. The van der Waals surface area contributed by atoms with Crippen molar-refractivity contribution in [3.05, 3.63) is 41.9 Å². The van der Waals surface area contributed by atoms with E-state index in [0.717, 1.165) is 37.5 Å². The van der Waals surface area contributed by atoms with Gasteiger partial charge in [0.05, 0.1) is 25.0 Å². The van der Waals surface area contributed by atoms with Crippen LogP contribution in [0.25, 0.3) is 11.3 Å². The molecular formula is C17H25N3O. The van der Waals surface area contributed by atoms with Gasteiger partial charge in [-0.15, -0.1) is 0 Å². The maximum Gasteiger partial charge on any atom is 0.120 e. The lowest BCUT2D eigenvalue weighted by Gasteiger charge is -2.09. The highest BCUT2D eigenvalue weighted by molar-refractivity contribution is 5.58. The normalized spacial score (nSPS) is 12.5. The van der Waals surface area contributed by atoms with Crippen LogP contribution in [0.15, 0.2) is 30.5 Å². The molecule has 114 valence electrons. The number of rotatable bonds is 8. The third-order valence-corrected chi connectivity index (χ3v) is 3.72. The van der Waals surface area contributed by atoms with Crippen LogP contribution in [0, 0.1) is 0 Å². The maximum atomic E-state index is 5.10. The third-order valence-electron chi connectivity index (χ3n) is 3.72. The van der Waals surface area contributed by atoms with E-state index in [2.05, 4.69) is 53.4 Å². The van der Waals surface area contributed by atoms with Crippen molar-refractivity contribution in [1.29, 1.82) is 0 Å². The van der Waals surface area contributed by atoms with E-state index in [4.69, 9.17) is 4.74 Å². The minimum absolute atomic E-state index is 0.513. The van der Waals surface area contributed by atoms with Gasteiger partial charge in [0.15, 0.2) is 0 Å². The molecule has 0 aliphatic heterocycles. The summed E-state index contributed by atoms with van der Waals surface area (Å²) in [5.74, 6) is 0.980. The number of nitrogens with one attached hydrogen (secondary N) is 2. The average Bonchev–Trinajstić information content (AvgIpc) is 3.00. The summed E-state index contributed by atoms with van der Waals surface area (Å²) < 4.78 is 5.10. The number of hydrogen-bond acceptors (Lipinski definition) is 3. The zero-order chi connectivity index (χ0) is 15.1. The molecule has 0 saturated heterocycles. The monoisotopic (exact) mass is 287 g/mol. The summed E-state index contributed by atoms with van der Waals surface area (Å²) in [4.78, 5) is 7.81. The number of hydrogen-bond donors (Lipinski definition) is 2. The van der Waals surface area contributed by atoms with Gasteiger partial charge in [-0.2, -0.15) is 0 Å². The molecule has 1 aromatic heterocycles. The highest BCUT2D eigenvalue weighted by Crippen LogP contribution is 2.18. The molecule has 0 radical (unpaired) electrons. The molecule has 0 fully saturated rings. The Morgan fingerprint density at radius 1 is 1.29 bits per heavy atom. The van der Waals surface area contributed by atoms with Crippen molar-refractivity contribution >= 4 is 0 Å². The second kappa shape index (κ2) is 7.96. The molecule has 4 heteroatoms. The van der Waals surface area contributed by atoms with Crippen molar-refractivity contribution < 1.29 is 4.74 Å². The molecule has 2 aromatic rings. The first-order valence-electron chi connectivity index (χ1n) is 7.58. The number of imidazole rings is 1. The molecule has 1 atom stereocenters. The summed E-state index contributed by atoms with van der Waals surface area (Å²) in [5, 5.41) is 3.44. The molecule has 2 rings (SSSR count). The SMILES string of the molecule is CCC(C)NCc1ncc(-c2ccc(CCOC)cc2)[nH]1. The number of aromatic amines is 1. The van der Waals surface area contributed by atoms with E-state index >= 15 is 0 Å². The Kier molecular flexibility index (Phi) is 5.96. The molecule has 1 unspecified atom stereocenters. The van der Waals surface area contributed by atoms with E-state index in [1.54, 1.807) is 7.11 Å². The highest BCUT2D eigenvalue weighted by Gasteiger charge is 2.05. The van der Waals surface area contributed by atoms with Crippen molar-refractivity contribution in [2.45, 2.75) is 39.3 Å². The quantitative estimate of drug-likeness (QED) is 0.784. The Morgan fingerprint density at radius 2 is 2.05 bits per heavy atom. The number of nitrogens with zero attached hydrogens (tertiary/aromatic N) is 1. The van der Waals surface area contributed by atoms with Gasteiger partial charge in [-0.1, -0.05) is 31.2 Å². The number of aromatic nitrogens is 2. The second-order valence-electron chi connectivity index (χ2n) is 5.37. The van der Waals surface area contributed by atoms with Gasteiger partial charge in [0.1, 0.15) is 5.82 Å². The fourth-order valence-electron chi connectivity index (χ4n) is 2.09. The Bertz CT molecular complexity index is 533. The van der Waals surface area contributed by atoms with Crippen molar-refractivity contribution in [1.82, 2.24) is 15.3 Å². The second-order valence-corrected chi connectivity index (χ2v) is 5.37. The lowest BCUT2D eigenvalue weighted by atomic mass is 10.1. The van der Waals surface area contributed by atoms with Crippen molar-refractivity contribution in [2.75, 3.05) is 13.7 Å². The fraction of sp³-hybridized carbons (Fsp3) is 0.471. The van der Waals surface area contributed by atoms with Crippen LogP contribution in [0.4, 0.5) is 0 Å². The fourth-order valence-corrected chi connectivity index (χ4v) is 2.09. The van der Waals surface area contributed by atoms with Crippen LogP contribution < -0.4 is 5.32 Å². The van der Waals surface area contributed by atoms with Gasteiger partial charge < -0.3 is 15.0 Å². The first-order chi connectivity index (χ1) is 10.2. The zero-order valence-corrected chi connectivity index (χ0v) is 13.1. The molecule has 0 aliphatic rings. The maximum absolute atomic E-state index is 5.10. The molecule has 21 heavy (non-hydrogen) atoms. The minimum atomic E-state index is 0.513. The van der Waals surface area contributed by atoms with Crippen LogP contribution in [0.5, 0.6) is 0 Å². The Labute approximate surface area is 127 Å². The van der Waals surface area contributed by atoms with Crippen molar-refractivity contribution in [3.8, 4) is 11.3 Å². The Balaban J connectivity index is 1.97. The summed E-state index contributed by atoms with van der Waals surface area (Å²) in [6.45, 7) is 5.90. The van der Waals surface area contributed by atoms with E-state index in [1.807, 2.05) is 6.20 Å². The lowest BCUT2D eigenvalue weighted by molar-refractivity contribution is 0.202. The molecule has 0 bridgehead atoms. The van der Waals surface area contributed by atoms with Gasteiger partial charge >= 0.3 is 0 Å². The zero-order valence-electron chi connectivity index (χ0n) is 13.1. The van der Waals surface area contributed by atoms with E-state index in [0.29, 0.717) is 6.04 Å². The molecular weight excluding hydrogens is 262 g/mol. The summed E-state index contributed by atoms with van der Waals surface area (Å²) >= 11 is 0. The predicted molar refractivity (Wildman–Crippen MR) is 86.2 cm³/mol. The van der Waals surface area contributed by atoms with Gasteiger partial charge in [0.2, 0.25) is 0 Å². The Hall–Kier alpha value is -1.65. The van der Waals surface area contributed by atoms with Crippen molar-refractivity contribution in [3.63, 3.8) is 0 Å². The predicted octanol–water partition coefficient (Wildman–Crippen LogP) is 3.15. The summed E-state index contributed by atoms with van der Waals surface area (Å²) in [6, 6.07) is 9.06. The van der Waals surface area contributed by atoms with Crippen LogP contribution in [0.1, 0.15) is 31.7 Å². The first kappa shape index (κ1) is 15.7. The van der Waals surface area contributed by atoms with E-state index in [9.17, 15) is 0 Å². The molecule has 1 aromatic carbocycles. The molecule has 4 nitrogen and oxygen atoms in total. The van der Waals surface area contributed by atoms with E-state index < -0.39 is 0 Å². The van der Waals surface area contributed by atoms with E-state index in [1.165, 1.54) is 11.1 Å². The molecule has 0 amide bonds. The van der Waals surface area contributed by atoms with Gasteiger partial charge in [-0.05, 0) is 30.9 Å². The van der Waals surface area contributed by atoms with Crippen LogP contribution in [-0.2, 0) is 17.7 Å². The smallest absolute Gasteiger partial charge is 0.120 e. The molecule has 2 N–H and O–H groups in total. The summed E-state index contributed by atoms with van der Waals surface area (Å²) in [5.41, 5.74) is 3.52. The van der Waals surface area contributed by atoms with Gasteiger partial charge in [0.25, 0.3) is 0 Å². The van der Waals surface area contributed by atoms with Gasteiger partial charge in [0, 0.05) is 13.2 Å². The topological polar surface area (TPSA) is 49.9 Å². The highest BCUT2D eigenvalue weighted by atomic mass is 16.5. The minimum Gasteiger partial charge on any atom is -0.384 e. The van der Waals surface area contributed by atoms with Gasteiger partial charge in [-0.3, -0.25) is 0 Å². The van der Waals surface area contributed by atoms with Crippen molar-refractivity contribution in [2.24, 2.45) is 0 Å². The van der Waals surface area contributed by atoms with Crippen LogP contribution in [0.3, 0.4) is 0 Å². The van der Waals surface area contributed by atoms with Gasteiger partial charge in [-0.25, -0.2) is 4.98 Å². The molecule has 0 spiro atoms. The molecule has 0 aliphatic carbocycles. The number of ether oxygens (including phenoxy) is 1. The molecule has 1 heterocycles. The molecule has 0 saturated carbocycles. The lowest BCUT2D eigenvalue weighted by Crippen LogP contribution is -2.24. The number of H-pyrrole nitrogens is 1. The van der Waals surface area contributed by atoms with E-state index in [-0.39, 0.29) is 0 Å². The number of benzene rings is 1. The summed E-state index contributed by atoms with van der Waals surface area (Å²) in [7, 11) is 1.73. The van der Waals surface area contributed by atoms with Crippen LogP contribution in [-0.4, -0.2) is 29.7 Å². The first-order valence-corrected chi connectivity index (χ1v) is 7.58.